The molecule has 0 aromatic heterocycles. The number of carbonyl (C=O) groups is 2. The van der Waals surface area contributed by atoms with Gasteiger partial charge in [-0.15, -0.1) is 0 Å². The number of aliphatic hydroxyl groups excluding tert-OH is 1. The second-order valence-electron chi connectivity index (χ2n) is 8.79. The van der Waals surface area contributed by atoms with E-state index in [9.17, 15) is 9.59 Å². The van der Waals surface area contributed by atoms with Crippen LogP contribution < -0.4 is 19.5 Å². The topological polar surface area (TPSA) is 94.1 Å². The Bertz CT molecular complexity index is 1140. The maximum Gasteiger partial charge on any atom is 0.286 e. The summed E-state index contributed by atoms with van der Waals surface area (Å²) < 4.78 is 18.2. The van der Waals surface area contributed by atoms with E-state index in [0.29, 0.717) is 18.8 Å². The van der Waals surface area contributed by atoms with Crippen LogP contribution in [0.3, 0.4) is 0 Å². The van der Waals surface area contributed by atoms with Crippen LogP contribution >= 0.6 is 11.8 Å². The van der Waals surface area contributed by atoms with Crippen molar-refractivity contribution in [1.82, 2.24) is 5.32 Å². The Kier molecular flexibility index (Phi) is 6.91. The summed E-state index contributed by atoms with van der Waals surface area (Å²) >= 11 is 1.03. The van der Waals surface area contributed by atoms with E-state index in [-0.39, 0.29) is 29.6 Å². The van der Waals surface area contributed by atoms with Crippen molar-refractivity contribution in [2.75, 3.05) is 19.8 Å². The lowest BCUT2D eigenvalue weighted by Gasteiger charge is -2.34. The molecule has 34 heavy (non-hydrogen) atoms. The number of carbonyl (C=O) groups excluding carboxylic acids is 2. The molecule has 0 spiro atoms. The van der Waals surface area contributed by atoms with Gasteiger partial charge in [0.15, 0.2) is 5.60 Å². The van der Waals surface area contributed by atoms with Crippen LogP contribution in [0.2, 0.25) is 0 Å². The first kappa shape index (κ1) is 24.2. The standard InChI is InChI=1S/C26H29NO6S/c1-15-16(2)23-20(17(3)22(15)31-12-11-28)9-10-26(4,33-23)14-32-19-7-5-18(6-8-19)13-21-24(29)27-25(30)34-21/h5-10,21,28H,11-14H2,1-4H3,(H,27,29,30). The predicted octanol–water partition coefficient (Wildman–Crippen LogP) is 4.12. The highest BCUT2D eigenvalue weighted by molar-refractivity contribution is 8.15. The average Bonchev–Trinajstić information content (AvgIpc) is 3.13. The molecule has 4 rings (SSSR count). The molecular formula is C26H29NO6S. The fourth-order valence-electron chi connectivity index (χ4n) is 4.11. The second kappa shape index (κ2) is 9.72. The molecule has 2 atom stereocenters. The number of hydrogen-bond donors (Lipinski definition) is 2. The second-order valence-corrected chi connectivity index (χ2v) is 9.96. The van der Waals surface area contributed by atoms with E-state index in [0.717, 1.165) is 51.1 Å². The van der Waals surface area contributed by atoms with Crippen LogP contribution in [0.4, 0.5) is 4.79 Å². The number of ether oxygens (including phenoxy) is 3. The minimum absolute atomic E-state index is 0.0354. The van der Waals surface area contributed by atoms with Gasteiger partial charge in [-0.25, -0.2) is 0 Å². The average molecular weight is 484 g/mol. The molecule has 7 nitrogen and oxygen atoms in total. The van der Waals surface area contributed by atoms with Gasteiger partial charge in [0.2, 0.25) is 5.91 Å². The van der Waals surface area contributed by atoms with Crippen LogP contribution in [0.25, 0.3) is 6.08 Å². The van der Waals surface area contributed by atoms with Crippen molar-refractivity contribution in [3.8, 4) is 17.2 Å². The van der Waals surface area contributed by atoms with Gasteiger partial charge < -0.3 is 19.3 Å². The maximum atomic E-state index is 11.8. The van der Waals surface area contributed by atoms with Gasteiger partial charge in [-0.1, -0.05) is 30.0 Å². The Labute approximate surface area is 203 Å². The number of imide groups is 1. The number of benzene rings is 2. The van der Waals surface area contributed by atoms with E-state index in [1.54, 1.807) is 0 Å². The molecule has 2 aliphatic rings. The molecule has 180 valence electrons. The Morgan fingerprint density at radius 1 is 1.09 bits per heavy atom. The van der Waals surface area contributed by atoms with Gasteiger partial charge in [-0.2, -0.15) is 0 Å². The molecule has 2 aliphatic heterocycles. The fourth-order valence-corrected chi connectivity index (χ4v) is 4.97. The summed E-state index contributed by atoms with van der Waals surface area (Å²) in [6.07, 6.45) is 4.53. The Hall–Kier alpha value is -2.97. The van der Waals surface area contributed by atoms with Crippen molar-refractivity contribution in [3.05, 3.63) is 58.2 Å². The summed E-state index contributed by atoms with van der Waals surface area (Å²) in [7, 11) is 0. The number of amides is 2. The molecule has 0 saturated carbocycles. The van der Waals surface area contributed by atoms with Gasteiger partial charge >= 0.3 is 0 Å². The number of rotatable bonds is 8. The highest BCUT2D eigenvalue weighted by atomic mass is 32.2. The van der Waals surface area contributed by atoms with Crippen LogP contribution in [0.5, 0.6) is 17.2 Å². The summed E-state index contributed by atoms with van der Waals surface area (Å²) in [5.41, 5.74) is 4.27. The maximum absolute atomic E-state index is 11.8. The van der Waals surface area contributed by atoms with Gasteiger partial charge in [-0.05, 0) is 69.0 Å². The summed E-state index contributed by atoms with van der Waals surface area (Å²) in [4.78, 5) is 23.1. The van der Waals surface area contributed by atoms with Crippen molar-refractivity contribution >= 4 is 29.0 Å². The van der Waals surface area contributed by atoms with E-state index in [4.69, 9.17) is 19.3 Å². The van der Waals surface area contributed by atoms with Crippen LogP contribution in [-0.4, -0.2) is 46.9 Å². The van der Waals surface area contributed by atoms with Crippen LogP contribution in [0.1, 0.15) is 34.7 Å². The lowest BCUT2D eigenvalue weighted by molar-refractivity contribution is -0.118. The lowest BCUT2D eigenvalue weighted by Crippen LogP contribution is -2.39. The van der Waals surface area contributed by atoms with E-state index in [2.05, 4.69) is 5.32 Å². The molecule has 2 aromatic carbocycles. The molecule has 2 N–H and O–H groups in total. The Balaban J connectivity index is 1.43. The third kappa shape index (κ3) is 4.93. The quantitative estimate of drug-likeness (QED) is 0.583. The monoisotopic (exact) mass is 483 g/mol. The van der Waals surface area contributed by atoms with E-state index < -0.39 is 5.60 Å². The molecule has 0 aliphatic carbocycles. The van der Waals surface area contributed by atoms with Gasteiger partial charge in [0.05, 0.1) is 11.9 Å². The van der Waals surface area contributed by atoms with Crippen molar-refractivity contribution in [1.29, 1.82) is 0 Å². The summed E-state index contributed by atoms with van der Waals surface area (Å²) in [5, 5.41) is 10.8. The smallest absolute Gasteiger partial charge is 0.286 e. The van der Waals surface area contributed by atoms with Gasteiger partial charge in [0.1, 0.15) is 30.5 Å². The van der Waals surface area contributed by atoms with Crippen molar-refractivity contribution in [2.45, 2.75) is 45.0 Å². The van der Waals surface area contributed by atoms with Crippen LogP contribution in [0, 0.1) is 20.8 Å². The molecule has 1 saturated heterocycles. The molecule has 2 amide bonds. The van der Waals surface area contributed by atoms with E-state index in [1.165, 1.54) is 0 Å². The molecule has 8 heteroatoms. The van der Waals surface area contributed by atoms with Crippen molar-refractivity contribution in [3.63, 3.8) is 0 Å². The van der Waals surface area contributed by atoms with Gasteiger partial charge in [0.25, 0.3) is 5.24 Å². The number of hydrogen-bond acceptors (Lipinski definition) is 7. The van der Waals surface area contributed by atoms with Crippen LogP contribution in [-0.2, 0) is 11.2 Å². The van der Waals surface area contributed by atoms with Crippen LogP contribution in [0.15, 0.2) is 30.3 Å². The predicted molar refractivity (Wildman–Crippen MR) is 132 cm³/mol. The first-order chi connectivity index (χ1) is 16.2. The highest BCUT2D eigenvalue weighted by Gasteiger charge is 2.33. The highest BCUT2D eigenvalue weighted by Crippen LogP contribution is 2.43. The summed E-state index contributed by atoms with van der Waals surface area (Å²) in [5.74, 6) is 2.07. The zero-order chi connectivity index (χ0) is 24.5. The molecule has 0 bridgehead atoms. The largest absolute Gasteiger partial charge is 0.491 e. The molecule has 1 fully saturated rings. The third-order valence-corrected chi connectivity index (χ3v) is 7.13. The Morgan fingerprint density at radius 3 is 2.47 bits per heavy atom. The van der Waals surface area contributed by atoms with E-state index >= 15 is 0 Å². The van der Waals surface area contributed by atoms with E-state index in [1.807, 2.05) is 64.1 Å². The minimum Gasteiger partial charge on any atom is -0.491 e. The molecule has 2 unspecified atom stereocenters. The summed E-state index contributed by atoms with van der Waals surface area (Å²) in [6.45, 7) is 8.51. The minimum atomic E-state index is -0.651. The third-order valence-electron chi connectivity index (χ3n) is 6.15. The number of thioether (sulfide) groups is 1. The summed E-state index contributed by atoms with van der Waals surface area (Å²) in [6, 6.07) is 7.55. The number of aliphatic hydroxyl groups is 1. The zero-order valence-corrected chi connectivity index (χ0v) is 20.6. The first-order valence-corrected chi connectivity index (χ1v) is 12.1. The molecule has 2 aromatic rings. The van der Waals surface area contributed by atoms with Gasteiger partial charge in [-0.3, -0.25) is 14.9 Å². The zero-order valence-electron chi connectivity index (χ0n) is 19.8. The van der Waals surface area contributed by atoms with Crippen molar-refractivity contribution in [2.24, 2.45) is 0 Å². The SMILES string of the molecule is Cc1c(C)c2c(c(C)c1OCCO)C=CC(C)(COc1ccc(CC3SC(=O)NC3=O)cc1)O2. The number of fused-ring (bicyclic) bond motifs is 1. The molecular weight excluding hydrogens is 454 g/mol. The first-order valence-electron chi connectivity index (χ1n) is 11.2. The molecule has 2 heterocycles. The lowest BCUT2D eigenvalue weighted by atomic mass is 9.92. The fraction of sp³-hybridized carbons (Fsp3) is 0.385. The molecule has 0 radical (unpaired) electrons. The van der Waals surface area contributed by atoms with Gasteiger partial charge in [0, 0.05) is 11.1 Å². The van der Waals surface area contributed by atoms with Crippen molar-refractivity contribution < 1.29 is 28.9 Å². The normalized spacial score (nSPS) is 21.1. The Morgan fingerprint density at radius 2 is 1.82 bits per heavy atom. The number of nitrogens with one attached hydrogen (secondary N) is 1.